The highest BCUT2D eigenvalue weighted by atomic mass is 19.4. The lowest BCUT2D eigenvalue weighted by Crippen LogP contribution is -2.69. The Balaban J connectivity index is -0.000000370. The third kappa shape index (κ3) is 21.3. The van der Waals surface area contributed by atoms with Gasteiger partial charge in [-0.2, -0.15) is 61.5 Å². The molecule has 58 heavy (non-hydrogen) atoms. The Kier molecular flexibility index (Phi) is 24.7. The van der Waals surface area contributed by atoms with Crippen molar-refractivity contribution in [3.8, 4) is 0 Å². The molecule has 0 aromatic heterocycles. The van der Waals surface area contributed by atoms with Gasteiger partial charge in [0.1, 0.15) is 6.61 Å². The van der Waals surface area contributed by atoms with Crippen LogP contribution in [0.3, 0.4) is 0 Å². The van der Waals surface area contributed by atoms with E-state index >= 15 is 0 Å². The van der Waals surface area contributed by atoms with Gasteiger partial charge in [-0.25, -0.2) is 41.1 Å². The highest BCUT2D eigenvalue weighted by Gasteiger charge is 2.84. The van der Waals surface area contributed by atoms with Crippen molar-refractivity contribution in [1.29, 1.82) is 0 Å². The number of hydrogen-bond donors (Lipinski definition) is 0. The van der Waals surface area contributed by atoms with E-state index in [2.05, 4.69) is 40.5 Å². The zero-order valence-corrected chi connectivity index (χ0v) is 30.5. The molecular formula is C31H35F19O8. The lowest BCUT2D eigenvalue weighted by molar-refractivity contribution is -0.384. The zero-order valence-electron chi connectivity index (χ0n) is 30.5. The lowest BCUT2D eigenvalue weighted by Gasteiger charge is -2.39. The van der Waals surface area contributed by atoms with Crippen molar-refractivity contribution in [1.82, 2.24) is 0 Å². The lowest BCUT2D eigenvalue weighted by atomic mass is 9.85. The first kappa shape index (κ1) is 60.2. The number of carbonyl (C=O) groups excluding carboxylic acids is 4. The minimum atomic E-state index is -7.30. The molecule has 0 heterocycles. The minimum absolute atomic E-state index is 0.0470. The summed E-state index contributed by atoms with van der Waals surface area (Å²) in [5.74, 6) is -8.62. The van der Waals surface area contributed by atoms with E-state index in [1.807, 2.05) is 6.92 Å². The van der Waals surface area contributed by atoms with E-state index in [1.54, 1.807) is 6.92 Å². The number of rotatable bonds is 14. The smallest absolute Gasteiger partial charge is 0.434 e. The average Bonchev–Trinajstić information content (AvgIpc) is 3.04. The molecule has 0 radical (unpaired) electrons. The summed E-state index contributed by atoms with van der Waals surface area (Å²) < 4.78 is 249. The Morgan fingerprint density at radius 2 is 0.776 bits per heavy atom. The van der Waals surface area contributed by atoms with E-state index in [4.69, 9.17) is 4.74 Å². The Hall–Kier alpha value is -4.49. The van der Waals surface area contributed by atoms with Crippen LogP contribution in [-0.2, 0) is 38.1 Å². The molecule has 0 aromatic carbocycles. The van der Waals surface area contributed by atoms with E-state index in [-0.39, 0.29) is 17.1 Å². The van der Waals surface area contributed by atoms with Crippen molar-refractivity contribution >= 4 is 23.9 Å². The number of hydrogen-bond acceptors (Lipinski definition) is 8. The topological polar surface area (TPSA) is 105 Å². The fourth-order valence-corrected chi connectivity index (χ4v) is 2.29. The maximum atomic E-state index is 13.8. The summed E-state index contributed by atoms with van der Waals surface area (Å²) in [5, 5.41) is 0. The highest BCUT2D eigenvalue weighted by Crippen LogP contribution is 2.55. The molecule has 0 fully saturated rings. The van der Waals surface area contributed by atoms with Gasteiger partial charge in [-0.1, -0.05) is 33.2 Å². The van der Waals surface area contributed by atoms with Crippen LogP contribution in [0.1, 0.15) is 41.0 Å². The van der Waals surface area contributed by atoms with E-state index in [0.29, 0.717) is 12.2 Å². The predicted octanol–water partition coefficient (Wildman–Crippen LogP) is 9.74. The summed E-state index contributed by atoms with van der Waals surface area (Å²) in [4.78, 5) is 42.3. The molecule has 0 aliphatic heterocycles. The molecule has 0 aliphatic rings. The van der Waals surface area contributed by atoms with Gasteiger partial charge in [0.15, 0.2) is 19.4 Å². The van der Waals surface area contributed by atoms with Crippen LogP contribution >= 0.6 is 0 Å². The monoisotopic (exact) mass is 896 g/mol. The third-order valence-electron chi connectivity index (χ3n) is 5.37. The highest BCUT2D eigenvalue weighted by molar-refractivity contribution is 5.88. The Morgan fingerprint density at radius 1 is 0.483 bits per heavy atom. The number of carbonyl (C=O) groups is 4. The van der Waals surface area contributed by atoms with Crippen molar-refractivity contribution in [3.05, 3.63) is 48.6 Å². The maximum Gasteiger partial charge on any atom is 0.434 e. The van der Waals surface area contributed by atoms with Crippen molar-refractivity contribution in [2.45, 2.75) is 95.6 Å². The quantitative estimate of drug-likeness (QED) is 0.0735. The van der Waals surface area contributed by atoms with Crippen molar-refractivity contribution in [3.63, 3.8) is 0 Å². The summed E-state index contributed by atoms with van der Waals surface area (Å²) in [6, 6.07) is 0. The average molecular weight is 897 g/mol. The normalized spacial score (nSPS) is 13.6. The van der Waals surface area contributed by atoms with Gasteiger partial charge in [-0.15, -0.1) is 0 Å². The molecule has 0 rings (SSSR count). The van der Waals surface area contributed by atoms with E-state index in [0.717, 1.165) is 13.3 Å². The molecular weight excluding hydrogens is 861 g/mol. The predicted molar refractivity (Wildman–Crippen MR) is 161 cm³/mol. The SMILES string of the molecule is C=C(C)C(=O)OCC(F)(C(F)C(F)(C(F)(F)F)C(F)(F)F)C(F)(F)F.C=C(C)C(=O)OCC(F)(F)C(F)F.C=C(C)C(=O)OCC(F)(F)F.C=C(C)C(=O)OCCC. The number of ether oxygens (including phenoxy) is 4. The van der Waals surface area contributed by atoms with Crippen molar-refractivity contribution < 1.29 is 122 Å². The third-order valence-corrected chi connectivity index (χ3v) is 5.37. The molecule has 0 amide bonds. The van der Waals surface area contributed by atoms with Crippen LogP contribution in [0.2, 0.25) is 0 Å². The van der Waals surface area contributed by atoms with Crippen LogP contribution in [-0.4, -0.2) is 105 Å². The molecule has 0 aromatic rings. The van der Waals surface area contributed by atoms with Gasteiger partial charge >= 0.3 is 66.6 Å². The molecule has 0 N–H and O–H groups in total. The van der Waals surface area contributed by atoms with Gasteiger partial charge in [0.25, 0.3) is 5.67 Å². The first-order chi connectivity index (χ1) is 25.5. The first-order valence-electron chi connectivity index (χ1n) is 14.8. The largest absolute Gasteiger partial charge is 0.462 e. The molecule has 0 saturated carbocycles. The molecule has 2 atom stereocenters. The second-order valence-corrected chi connectivity index (χ2v) is 11.1. The van der Waals surface area contributed by atoms with Crippen LogP contribution in [0.4, 0.5) is 83.4 Å². The molecule has 0 bridgehead atoms. The number of alkyl halides is 19. The minimum Gasteiger partial charge on any atom is -0.462 e. The van der Waals surface area contributed by atoms with Crippen molar-refractivity contribution in [2.24, 2.45) is 0 Å². The Labute approximate surface area is 316 Å². The Bertz CT molecular complexity index is 1400. The van der Waals surface area contributed by atoms with Gasteiger partial charge in [0.05, 0.1) is 6.61 Å². The van der Waals surface area contributed by atoms with E-state index in [1.165, 1.54) is 13.8 Å². The number of esters is 4. The summed E-state index contributed by atoms with van der Waals surface area (Å²) in [6.07, 6.45) is -34.7. The molecule has 0 spiro atoms. The second-order valence-electron chi connectivity index (χ2n) is 11.1. The standard InChI is InChI=1S/C11H8F12O2.C7H8F4O2.C7H12O2.C6H7F3O2/c1-4(2)5(24)25-3-7(13,9(15,16)17)6(12)8(14,10(18,19)20)11(21,22)23;1-4(2)5(12)13-3-7(10,11)6(8)9;1-4-5-9-7(8)6(2)3;1-4(2)5(10)11-3-6(7,8)9/h6H,1,3H2,2H3;6H,1,3H2,2H3;2,4-5H2,1,3H3;1,3H2,2H3. The van der Waals surface area contributed by atoms with Crippen LogP contribution < -0.4 is 0 Å². The van der Waals surface area contributed by atoms with E-state index < -0.39 is 97.9 Å². The van der Waals surface area contributed by atoms with E-state index in [9.17, 15) is 103 Å². The van der Waals surface area contributed by atoms with Crippen LogP contribution in [0.25, 0.3) is 0 Å². The molecule has 27 heteroatoms. The van der Waals surface area contributed by atoms with Crippen LogP contribution in [0, 0.1) is 0 Å². The molecule has 0 saturated heterocycles. The molecule has 8 nitrogen and oxygen atoms in total. The number of halogens is 19. The fraction of sp³-hybridized carbons (Fsp3) is 0.613. The molecule has 340 valence electrons. The molecule has 2 unspecified atom stereocenters. The summed E-state index contributed by atoms with van der Waals surface area (Å²) >= 11 is 0. The first-order valence-corrected chi connectivity index (χ1v) is 14.8. The second kappa shape index (κ2) is 23.8. The van der Waals surface area contributed by atoms with Gasteiger partial charge in [-0.05, 0) is 34.1 Å². The van der Waals surface area contributed by atoms with Crippen LogP contribution in [0.5, 0.6) is 0 Å². The maximum absolute atomic E-state index is 13.8. The molecule has 0 aliphatic carbocycles. The van der Waals surface area contributed by atoms with Crippen LogP contribution in [0.15, 0.2) is 48.6 Å². The fourth-order valence-electron chi connectivity index (χ4n) is 2.29. The van der Waals surface area contributed by atoms with Gasteiger partial charge in [0, 0.05) is 22.3 Å². The Morgan fingerprint density at radius 3 is 1.02 bits per heavy atom. The summed E-state index contributed by atoms with van der Waals surface area (Å²) in [6.45, 7) is 13.6. The van der Waals surface area contributed by atoms with Gasteiger partial charge < -0.3 is 18.9 Å². The van der Waals surface area contributed by atoms with Gasteiger partial charge in [-0.3, -0.25) is 0 Å². The summed E-state index contributed by atoms with van der Waals surface area (Å²) in [5.41, 5.74) is -13.8. The van der Waals surface area contributed by atoms with Crippen molar-refractivity contribution in [2.75, 3.05) is 26.4 Å². The summed E-state index contributed by atoms with van der Waals surface area (Å²) in [7, 11) is 0. The zero-order chi connectivity index (χ0) is 47.6. The van der Waals surface area contributed by atoms with Gasteiger partial charge in [0.2, 0.25) is 0 Å².